The molecule has 0 heterocycles. The van der Waals surface area contributed by atoms with Gasteiger partial charge in [-0.2, -0.15) is 0 Å². The predicted molar refractivity (Wildman–Crippen MR) is 91.7 cm³/mol. The number of ether oxygens (including phenoxy) is 1. The van der Waals surface area contributed by atoms with Gasteiger partial charge in [-0.05, 0) is 48.5 Å². The van der Waals surface area contributed by atoms with Gasteiger partial charge < -0.3 is 4.74 Å². The lowest BCUT2D eigenvalue weighted by molar-refractivity contribution is -0.134. The van der Waals surface area contributed by atoms with Gasteiger partial charge in [0.05, 0.1) is 17.7 Å². The number of esters is 1. The monoisotopic (exact) mass is 359 g/mol. The van der Waals surface area contributed by atoms with Crippen molar-refractivity contribution in [3.8, 4) is 11.8 Å². The van der Waals surface area contributed by atoms with Crippen molar-refractivity contribution >= 4 is 21.7 Å². The maximum Gasteiger partial charge on any atom is 0.331 e. The van der Waals surface area contributed by atoms with Crippen LogP contribution >= 0.6 is 0 Å². The van der Waals surface area contributed by atoms with E-state index in [1.54, 1.807) is 24.3 Å². The maximum atomic E-state index is 12.9. The van der Waals surface area contributed by atoms with Crippen LogP contribution in [0.25, 0.3) is 0 Å². The van der Waals surface area contributed by atoms with Crippen LogP contribution in [-0.4, -0.2) is 21.5 Å². The number of anilines is 1. The molecule has 0 atom stereocenters. The number of nitrogens with one attached hydrogen (secondary N) is 1. The van der Waals surface area contributed by atoms with Crippen LogP contribution in [0, 0.1) is 17.7 Å². The van der Waals surface area contributed by atoms with Crippen molar-refractivity contribution in [2.75, 3.05) is 11.8 Å². The highest BCUT2D eigenvalue weighted by molar-refractivity contribution is 7.92. The fourth-order valence-electron chi connectivity index (χ4n) is 1.79. The van der Waals surface area contributed by atoms with Gasteiger partial charge in [-0.25, -0.2) is 17.6 Å². The minimum absolute atomic E-state index is 0.0496. The Morgan fingerprint density at radius 3 is 2.60 bits per heavy atom. The number of benzene rings is 2. The molecule has 2 aromatic rings. The van der Waals surface area contributed by atoms with Gasteiger partial charge in [-0.3, -0.25) is 4.72 Å². The molecule has 2 rings (SSSR count). The number of rotatable bonds is 4. The molecule has 0 spiro atoms. The number of hydrogen-bond donors (Lipinski definition) is 1. The number of hydrogen-bond acceptors (Lipinski definition) is 4. The Balaban J connectivity index is 2.16. The molecule has 0 aliphatic heterocycles. The number of carbonyl (C=O) groups excluding carboxylic acids is 1. The van der Waals surface area contributed by atoms with E-state index in [1.165, 1.54) is 31.4 Å². The van der Waals surface area contributed by atoms with Crippen molar-refractivity contribution in [1.29, 1.82) is 0 Å². The third kappa shape index (κ3) is 5.48. The lowest BCUT2D eigenvalue weighted by Crippen LogP contribution is -2.12. The maximum absolute atomic E-state index is 12.9. The molecule has 0 fully saturated rings. The molecule has 0 bridgehead atoms. The Bertz CT molecular complexity index is 955. The Labute approximate surface area is 145 Å². The highest BCUT2D eigenvalue weighted by Crippen LogP contribution is 2.17. The Hall–Kier alpha value is -3.11. The molecule has 1 N–H and O–H groups in total. The second kappa shape index (κ2) is 8.13. The summed E-state index contributed by atoms with van der Waals surface area (Å²) in [7, 11) is -2.57. The van der Waals surface area contributed by atoms with Crippen LogP contribution in [0.4, 0.5) is 10.1 Å². The third-order valence-electron chi connectivity index (χ3n) is 2.96. The van der Waals surface area contributed by atoms with Gasteiger partial charge in [0, 0.05) is 11.6 Å². The molecular weight excluding hydrogens is 345 g/mol. The quantitative estimate of drug-likeness (QED) is 0.518. The lowest BCUT2D eigenvalue weighted by atomic mass is 10.2. The van der Waals surface area contributed by atoms with E-state index < -0.39 is 21.8 Å². The van der Waals surface area contributed by atoms with E-state index >= 15 is 0 Å². The average Bonchev–Trinajstić information content (AvgIpc) is 2.59. The predicted octanol–water partition coefficient (Wildman–Crippen LogP) is 2.71. The molecule has 5 nitrogen and oxygen atoms in total. The summed E-state index contributed by atoms with van der Waals surface area (Å²) in [6, 6.07) is 10.9. The summed E-state index contributed by atoms with van der Waals surface area (Å²) < 4.78 is 44.3. The fourth-order valence-corrected chi connectivity index (χ4v) is 2.84. The number of halogens is 1. The normalized spacial score (nSPS) is 10.8. The molecule has 0 aliphatic carbocycles. The summed E-state index contributed by atoms with van der Waals surface area (Å²) >= 11 is 0. The van der Waals surface area contributed by atoms with Crippen LogP contribution in [0.1, 0.15) is 5.56 Å². The van der Waals surface area contributed by atoms with E-state index in [2.05, 4.69) is 21.3 Å². The Kier molecular flexibility index (Phi) is 5.93. The minimum Gasteiger partial charge on any atom is -0.466 e. The molecule has 0 radical (unpaired) electrons. The molecule has 128 valence electrons. The summed E-state index contributed by atoms with van der Waals surface area (Å²) in [5, 5.41) is 0. The van der Waals surface area contributed by atoms with Gasteiger partial charge >= 0.3 is 5.97 Å². The van der Waals surface area contributed by atoms with Crippen LogP contribution in [0.3, 0.4) is 0 Å². The zero-order valence-electron chi connectivity index (χ0n) is 13.2. The zero-order chi connectivity index (χ0) is 18.3. The minimum atomic E-state index is -3.83. The van der Waals surface area contributed by atoms with Crippen molar-refractivity contribution in [2.24, 2.45) is 0 Å². The lowest BCUT2D eigenvalue weighted by Gasteiger charge is -2.08. The van der Waals surface area contributed by atoms with Gasteiger partial charge in [0.2, 0.25) is 0 Å². The Morgan fingerprint density at radius 2 is 1.92 bits per heavy atom. The first-order chi connectivity index (χ1) is 11.9. The van der Waals surface area contributed by atoms with Gasteiger partial charge in [0.25, 0.3) is 10.0 Å². The topological polar surface area (TPSA) is 72.5 Å². The van der Waals surface area contributed by atoms with Gasteiger partial charge in [0.1, 0.15) is 5.82 Å². The molecule has 0 saturated carbocycles. The van der Waals surface area contributed by atoms with E-state index in [0.29, 0.717) is 11.3 Å². The second-order valence-electron chi connectivity index (χ2n) is 4.77. The largest absolute Gasteiger partial charge is 0.466 e. The van der Waals surface area contributed by atoms with Crippen molar-refractivity contribution in [3.63, 3.8) is 0 Å². The summed E-state index contributed by atoms with van der Waals surface area (Å²) in [5.74, 6) is 4.38. The van der Waals surface area contributed by atoms with Crippen LogP contribution in [0.2, 0.25) is 0 Å². The molecule has 25 heavy (non-hydrogen) atoms. The van der Waals surface area contributed by atoms with Crippen molar-refractivity contribution in [3.05, 3.63) is 72.1 Å². The smallest absolute Gasteiger partial charge is 0.331 e. The van der Waals surface area contributed by atoms with E-state index in [1.807, 2.05) is 0 Å². The number of allylic oxidation sites excluding steroid dienone is 1. The molecule has 2 aromatic carbocycles. The SMILES string of the molecule is COC(=O)/C=C/C#Cc1cccc(NS(=O)(=O)c2ccc(F)cc2)c1. The zero-order valence-corrected chi connectivity index (χ0v) is 14.0. The molecule has 0 amide bonds. The van der Waals surface area contributed by atoms with E-state index in [-0.39, 0.29) is 4.90 Å². The van der Waals surface area contributed by atoms with Crippen LogP contribution in [0.5, 0.6) is 0 Å². The summed E-state index contributed by atoms with van der Waals surface area (Å²) in [6.45, 7) is 0. The van der Waals surface area contributed by atoms with Crippen molar-refractivity contribution in [2.45, 2.75) is 4.90 Å². The van der Waals surface area contributed by atoms with Gasteiger partial charge in [-0.1, -0.05) is 17.9 Å². The molecule has 0 aliphatic rings. The van der Waals surface area contributed by atoms with Crippen LogP contribution in [-0.2, 0) is 19.6 Å². The average molecular weight is 359 g/mol. The second-order valence-corrected chi connectivity index (χ2v) is 6.45. The van der Waals surface area contributed by atoms with Crippen LogP contribution in [0.15, 0.2) is 65.6 Å². The first-order valence-corrected chi connectivity index (χ1v) is 8.53. The Morgan fingerprint density at radius 1 is 1.20 bits per heavy atom. The van der Waals surface area contributed by atoms with Crippen molar-refractivity contribution < 1.29 is 22.3 Å². The first-order valence-electron chi connectivity index (χ1n) is 7.05. The molecular formula is C18H14FNO4S. The molecule has 0 unspecified atom stereocenters. The summed E-state index contributed by atoms with van der Waals surface area (Å²) in [4.78, 5) is 10.9. The third-order valence-corrected chi connectivity index (χ3v) is 4.36. The molecule has 0 saturated heterocycles. The van der Waals surface area contributed by atoms with E-state index in [9.17, 15) is 17.6 Å². The molecule has 0 aromatic heterocycles. The fraction of sp³-hybridized carbons (Fsp3) is 0.0556. The highest BCUT2D eigenvalue weighted by Gasteiger charge is 2.14. The van der Waals surface area contributed by atoms with Gasteiger partial charge in [0.15, 0.2) is 0 Å². The summed E-state index contributed by atoms with van der Waals surface area (Å²) in [5.41, 5.74) is 0.863. The number of carbonyl (C=O) groups is 1. The van der Waals surface area contributed by atoms with Gasteiger partial charge in [-0.15, -0.1) is 0 Å². The van der Waals surface area contributed by atoms with Crippen LogP contribution < -0.4 is 4.72 Å². The van der Waals surface area contributed by atoms with E-state index in [4.69, 9.17) is 0 Å². The summed E-state index contributed by atoms with van der Waals surface area (Å²) in [6.07, 6.45) is 2.51. The standard InChI is InChI=1S/C18H14FNO4S/c1-24-18(21)8-3-2-5-14-6-4-7-16(13-14)20-25(22,23)17-11-9-15(19)10-12-17/h3-4,6-13,20H,1H3/b8-3+. The van der Waals surface area contributed by atoms with E-state index in [0.717, 1.165) is 12.1 Å². The first kappa shape index (κ1) is 18.2. The number of methoxy groups -OCH3 is 1. The molecule has 7 heteroatoms. The highest BCUT2D eigenvalue weighted by atomic mass is 32.2. The van der Waals surface area contributed by atoms with Crippen molar-refractivity contribution in [1.82, 2.24) is 0 Å². The number of sulfonamides is 1.